The van der Waals surface area contributed by atoms with E-state index in [9.17, 15) is 5.11 Å². The number of para-hydroxylation sites is 2. The van der Waals surface area contributed by atoms with Gasteiger partial charge < -0.3 is 9.52 Å². The van der Waals surface area contributed by atoms with Gasteiger partial charge in [0.2, 0.25) is 0 Å². The van der Waals surface area contributed by atoms with Gasteiger partial charge in [0.15, 0.2) is 0 Å². The number of rotatable bonds is 3. The van der Waals surface area contributed by atoms with Gasteiger partial charge in [0.25, 0.3) is 0 Å². The van der Waals surface area contributed by atoms with Gasteiger partial charge in [-0.1, -0.05) is 121 Å². The van der Waals surface area contributed by atoms with Gasteiger partial charge in [-0.3, -0.25) is 0 Å². The predicted octanol–water partition coefficient (Wildman–Crippen LogP) is 9.32. The molecule has 1 aliphatic rings. The van der Waals surface area contributed by atoms with E-state index < -0.39 is 5.41 Å². The zero-order valence-electron chi connectivity index (χ0n) is 21.1. The van der Waals surface area contributed by atoms with Crippen molar-refractivity contribution in [1.82, 2.24) is 0 Å². The third kappa shape index (κ3) is 2.97. The van der Waals surface area contributed by atoms with Crippen LogP contribution in [-0.2, 0) is 5.41 Å². The van der Waals surface area contributed by atoms with Crippen molar-refractivity contribution in [3.63, 3.8) is 0 Å². The van der Waals surface area contributed by atoms with Gasteiger partial charge in [-0.25, -0.2) is 0 Å². The van der Waals surface area contributed by atoms with Crippen LogP contribution in [0.4, 0.5) is 0 Å². The lowest BCUT2D eigenvalue weighted by Crippen LogP contribution is -2.28. The predicted molar refractivity (Wildman–Crippen MR) is 158 cm³/mol. The molecule has 0 saturated heterocycles. The molecule has 6 aromatic carbocycles. The lowest BCUT2D eigenvalue weighted by Gasteiger charge is -2.34. The third-order valence-corrected chi connectivity index (χ3v) is 8.27. The van der Waals surface area contributed by atoms with Gasteiger partial charge in [0.05, 0.1) is 5.41 Å². The fourth-order valence-electron chi connectivity index (χ4n) is 6.66. The molecule has 0 aliphatic heterocycles. The number of hydrogen-bond donors (Lipinski definition) is 1. The number of aromatic hydroxyl groups is 1. The zero-order valence-corrected chi connectivity index (χ0v) is 21.1. The first kappa shape index (κ1) is 22.0. The van der Waals surface area contributed by atoms with E-state index in [1.54, 1.807) is 6.07 Å². The molecule has 0 bridgehead atoms. The average Bonchev–Trinajstić information content (AvgIpc) is 3.52. The van der Waals surface area contributed by atoms with Crippen LogP contribution >= 0.6 is 0 Å². The molecule has 0 fully saturated rings. The lowest BCUT2D eigenvalue weighted by atomic mass is 9.67. The molecular formula is C37H24O2. The molecule has 184 valence electrons. The molecule has 0 saturated carbocycles. The minimum Gasteiger partial charge on any atom is -0.507 e. The summed E-state index contributed by atoms with van der Waals surface area (Å²) in [6.07, 6.45) is 0. The first-order chi connectivity index (χ1) is 19.3. The molecule has 1 heterocycles. The Morgan fingerprint density at radius 1 is 0.513 bits per heavy atom. The van der Waals surface area contributed by atoms with Gasteiger partial charge in [-0.2, -0.15) is 0 Å². The summed E-state index contributed by atoms with van der Waals surface area (Å²) in [6.45, 7) is 0. The molecule has 2 heteroatoms. The summed E-state index contributed by atoms with van der Waals surface area (Å²) in [6, 6.07) is 48.4. The van der Waals surface area contributed by atoms with E-state index >= 15 is 0 Å². The smallest absolute Gasteiger partial charge is 0.143 e. The highest BCUT2D eigenvalue weighted by Crippen LogP contribution is 2.58. The average molecular weight is 501 g/mol. The highest BCUT2D eigenvalue weighted by Gasteiger charge is 2.47. The number of phenols is 1. The normalized spacial score (nSPS) is 13.4. The van der Waals surface area contributed by atoms with Crippen LogP contribution in [-0.4, -0.2) is 5.11 Å². The van der Waals surface area contributed by atoms with Crippen LogP contribution in [0.3, 0.4) is 0 Å². The molecule has 39 heavy (non-hydrogen) atoms. The van der Waals surface area contributed by atoms with Gasteiger partial charge in [-0.15, -0.1) is 0 Å². The van der Waals surface area contributed by atoms with Gasteiger partial charge in [0, 0.05) is 21.9 Å². The van der Waals surface area contributed by atoms with Crippen LogP contribution in [0.15, 0.2) is 144 Å². The van der Waals surface area contributed by atoms with Crippen molar-refractivity contribution in [3.8, 4) is 28.0 Å². The van der Waals surface area contributed by atoms with Crippen molar-refractivity contribution in [2.75, 3.05) is 0 Å². The fourth-order valence-corrected chi connectivity index (χ4v) is 6.66. The number of hydrogen-bond acceptors (Lipinski definition) is 2. The summed E-state index contributed by atoms with van der Waals surface area (Å²) in [7, 11) is 0. The topological polar surface area (TPSA) is 33.4 Å². The Morgan fingerprint density at radius 3 is 1.95 bits per heavy atom. The van der Waals surface area contributed by atoms with Crippen molar-refractivity contribution >= 4 is 21.9 Å². The third-order valence-electron chi connectivity index (χ3n) is 8.27. The Balaban J connectivity index is 1.48. The summed E-state index contributed by atoms with van der Waals surface area (Å²) in [5.74, 6) is 0.301. The van der Waals surface area contributed by atoms with Gasteiger partial charge >= 0.3 is 0 Å². The van der Waals surface area contributed by atoms with Crippen molar-refractivity contribution in [2.45, 2.75) is 5.41 Å². The first-order valence-corrected chi connectivity index (χ1v) is 13.3. The first-order valence-electron chi connectivity index (χ1n) is 13.3. The Kier molecular flexibility index (Phi) is 4.62. The molecular weight excluding hydrogens is 476 g/mol. The van der Waals surface area contributed by atoms with E-state index in [2.05, 4.69) is 115 Å². The minimum atomic E-state index is -0.580. The summed E-state index contributed by atoms with van der Waals surface area (Å²) in [5.41, 5.74) is 9.87. The number of fused-ring (bicyclic) bond motifs is 6. The molecule has 0 radical (unpaired) electrons. The van der Waals surface area contributed by atoms with E-state index in [0.717, 1.165) is 55.3 Å². The molecule has 0 atom stereocenters. The van der Waals surface area contributed by atoms with E-state index in [1.807, 2.05) is 18.2 Å². The monoisotopic (exact) mass is 500 g/mol. The number of benzene rings is 6. The molecule has 2 nitrogen and oxygen atoms in total. The number of phenolic OH excluding ortho intramolecular Hbond substituents is 1. The summed E-state index contributed by atoms with van der Waals surface area (Å²) in [4.78, 5) is 0. The second-order valence-corrected chi connectivity index (χ2v) is 10.2. The molecule has 0 spiro atoms. The second kappa shape index (κ2) is 8.21. The Morgan fingerprint density at radius 2 is 1.18 bits per heavy atom. The Labute approximate surface area is 226 Å². The second-order valence-electron chi connectivity index (χ2n) is 10.2. The Bertz CT molecular complexity index is 1980. The highest BCUT2D eigenvalue weighted by molar-refractivity contribution is 6.09. The van der Waals surface area contributed by atoms with Gasteiger partial charge in [-0.05, 0) is 51.6 Å². The quantitative estimate of drug-likeness (QED) is 0.262. The molecule has 7 aromatic rings. The van der Waals surface area contributed by atoms with Crippen molar-refractivity contribution in [3.05, 3.63) is 162 Å². The van der Waals surface area contributed by atoms with E-state index in [-0.39, 0.29) is 0 Å². The SMILES string of the molecule is Oc1cccc2c1-c1ccc(-c3cccc4c3oc3ccccc34)cc1C2(c1ccccc1)c1ccccc1. The summed E-state index contributed by atoms with van der Waals surface area (Å²) >= 11 is 0. The number of furan rings is 1. The molecule has 1 aliphatic carbocycles. The minimum absolute atomic E-state index is 0.301. The van der Waals surface area contributed by atoms with Crippen LogP contribution in [0.5, 0.6) is 5.75 Å². The van der Waals surface area contributed by atoms with E-state index in [0.29, 0.717) is 5.75 Å². The van der Waals surface area contributed by atoms with Crippen molar-refractivity contribution < 1.29 is 9.52 Å². The maximum Gasteiger partial charge on any atom is 0.143 e. The summed E-state index contributed by atoms with van der Waals surface area (Å²) in [5, 5.41) is 13.4. The Hall–Kier alpha value is -5.08. The van der Waals surface area contributed by atoms with E-state index in [1.165, 1.54) is 11.1 Å². The largest absolute Gasteiger partial charge is 0.507 e. The molecule has 8 rings (SSSR count). The van der Waals surface area contributed by atoms with Crippen LogP contribution in [0.25, 0.3) is 44.2 Å². The molecule has 0 unspecified atom stereocenters. The maximum atomic E-state index is 11.2. The molecule has 1 N–H and O–H groups in total. The molecule has 0 amide bonds. The van der Waals surface area contributed by atoms with Gasteiger partial charge in [0.1, 0.15) is 16.9 Å². The van der Waals surface area contributed by atoms with Crippen molar-refractivity contribution in [1.29, 1.82) is 0 Å². The highest BCUT2D eigenvalue weighted by atomic mass is 16.3. The fraction of sp³-hybridized carbons (Fsp3) is 0.0270. The van der Waals surface area contributed by atoms with Crippen LogP contribution < -0.4 is 0 Å². The van der Waals surface area contributed by atoms with Crippen molar-refractivity contribution in [2.24, 2.45) is 0 Å². The standard InChI is InChI=1S/C37H24O2/c38-33-19-10-18-31-35(33)30-22-21-24(27-16-9-17-29-28-15-7-8-20-34(28)39-36(27)29)23-32(30)37(31,25-11-3-1-4-12-25)26-13-5-2-6-14-26/h1-23,38H. The van der Waals surface area contributed by atoms with Crippen LogP contribution in [0, 0.1) is 0 Å². The molecule has 1 aromatic heterocycles. The summed E-state index contributed by atoms with van der Waals surface area (Å²) < 4.78 is 6.42. The lowest BCUT2D eigenvalue weighted by molar-refractivity contribution is 0.477. The zero-order chi connectivity index (χ0) is 26.0. The van der Waals surface area contributed by atoms with Crippen LogP contribution in [0.2, 0.25) is 0 Å². The van der Waals surface area contributed by atoms with Crippen LogP contribution in [0.1, 0.15) is 22.3 Å². The van der Waals surface area contributed by atoms with E-state index in [4.69, 9.17) is 4.42 Å². The maximum absolute atomic E-state index is 11.2.